The fourth-order valence-electron chi connectivity index (χ4n) is 1.68. The third-order valence-corrected chi connectivity index (χ3v) is 2.90. The molecule has 1 aliphatic carbocycles. The summed E-state index contributed by atoms with van der Waals surface area (Å²) >= 11 is 0. The predicted octanol–water partition coefficient (Wildman–Crippen LogP) is 0.464. The second kappa shape index (κ2) is 2.49. The number of hydrogen-bond acceptors (Lipinski definition) is 3. The van der Waals surface area contributed by atoms with Gasteiger partial charge in [0.1, 0.15) is 5.54 Å². The molecule has 2 rings (SSSR count). The van der Waals surface area contributed by atoms with Crippen molar-refractivity contribution in [2.75, 3.05) is 6.61 Å². The van der Waals surface area contributed by atoms with Crippen LogP contribution in [0, 0.1) is 11.3 Å². The number of carbonyl (C=O) groups is 2. The molecule has 2 aliphatic rings. The molecule has 4 heteroatoms. The van der Waals surface area contributed by atoms with Crippen LogP contribution in [0.4, 0.5) is 0 Å². The Bertz CT molecular complexity index is 305. The average Bonchev–Trinajstić information content (AvgIpc) is 2.67. The summed E-state index contributed by atoms with van der Waals surface area (Å²) in [6.45, 7) is 5.95. The van der Waals surface area contributed by atoms with Gasteiger partial charge in [0.15, 0.2) is 0 Å². The molecule has 1 saturated heterocycles. The van der Waals surface area contributed by atoms with Crippen LogP contribution in [0.25, 0.3) is 0 Å². The minimum absolute atomic E-state index is 0.0844. The summed E-state index contributed by atoms with van der Waals surface area (Å²) in [5.41, 5.74) is -1.12. The number of cyclic esters (lactones) is 1. The molecule has 0 bridgehead atoms. The molecular formula is C10H15NO3. The molecule has 1 heterocycles. The van der Waals surface area contributed by atoms with Crippen molar-refractivity contribution < 1.29 is 14.3 Å². The fraction of sp³-hybridized carbons (Fsp3) is 0.800. The zero-order valence-corrected chi connectivity index (χ0v) is 8.72. The molecule has 0 spiro atoms. The van der Waals surface area contributed by atoms with Gasteiger partial charge in [0.05, 0.1) is 6.61 Å². The highest BCUT2D eigenvalue weighted by molar-refractivity contribution is 5.94. The first kappa shape index (κ1) is 9.49. The molecule has 1 saturated carbocycles. The fourth-order valence-corrected chi connectivity index (χ4v) is 1.68. The van der Waals surface area contributed by atoms with Crippen molar-refractivity contribution in [3.05, 3.63) is 0 Å². The molecule has 0 aromatic carbocycles. The predicted molar refractivity (Wildman–Crippen MR) is 49.4 cm³/mol. The number of fused-ring (bicyclic) bond motifs is 1. The van der Waals surface area contributed by atoms with Gasteiger partial charge in [0, 0.05) is 11.3 Å². The first-order chi connectivity index (χ1) is 6.36. The van der Waals surface area contributed by atoms with Crippen molar-refractivity contribution in [3.63, 3.8) is 0 Å². The van der Waals surface area contributed by atoms with Crippen LogP contribution in [0.3, 0.4) is 0 Å². The third-order valence-electron chi connectivity index (χ3n) is 2.90. The van der Waals surface area contributed by atoms with E-state index in [1.54, 1.807) is 0 Å². The van der Waals surface area contributed by atoms with Gasteiger partial charge in [-0.05, 0) is 6.42 Å². The Morgan fingerprint density at radius 2 is 2.21 bits per heavy atom. The van der Waals surface area contributed by atoms with Crippen LogP contribution in [-0.4, -0.2) is 24.0 Å². The van der Waals surface area contributed by atoms with Gasteiger partial charge in [-0.3, -0.25) is 4.79 Å². The van der Waals surface area contributed by atoms with Crippen LogP contribution >= 0.6 is 0 Å². The van der Waals surface area contributed by atoms with Gasteiger partial charge in [-0.1, -0.05) is 20.8 Å². The molecule has 1 N–H and O–H groups in total. The Balaban J connectivity index is 2.06. The zero-order valence-electron chi connectivity index (χ0n) is 8.72. The summed E-state index contributed by atoms with van der Waals surface area (Å²) < 4.78 is 4.88. The number of nitrogens with one attached hydrogen (secondary N) is 1. The van der Waals surface area contributed by atoms with Gasteiger partial charge in [-0.25, -0.2) is 4.79 Å². The second-order valence-corrected chi connectivity index (χ2v) is 5.17. The minimum atomic E-state index is -0.662. The molecule has 2 atom stereocenters. The lowest BCUT2D eigenvalue weighted by atomic mass is 9.95. The molecule has 14 heavy (non-hydrogen) atoms. The highest BCUT2D eigenvalue weighted by Gasteiger charge is 2.67. The smallest absolute Gasteiger partial charge is 0.332 e. The molecule has 1 aliphatic heterocycles. The lowest BCUT2D eigenvalue weighted by Gasteiger charge is -2.21. The maximum Gasteiger partial charge on any atom is 0.332 e. The van der Waals surface area contributed by atoms with E-state index in [2.05, 4.69) is 5.32 Å². The summed E-state index contributed by atoms with van der Waals surface area (Å²) in [5, 5.41) is 2.81. The SMILES string of the molecule is CC(C)(C)C(=O)N[C@@]12C[C@@H]1COC2=O. The van der Waals surface area contributed by atoms with Crippen molar-refractivity contribution >= 4 is 11.9 Å². The van der Waals surface area contributed by atoms with Gasteiger partial charge in [-0.2, -0.15) is 0 Å². The van der Waals surface area contributed by atoms with Crippen molar-refractivity contribution in [3.8, 4) is 0 Å². The van der Waals surface area contributed by atoms with Gasteiger partial charge in [0.2, 0.25) is 5.91 Å². The standard InChI is InChI=1S/C10H15NO3/c1-9(2,3)7(12)11-10-4-6(10)5-14-8(10)13/h6H,4-5H2,1-3H3,(H,11,12)/t6-,10+/m1/s1. The van der Waals surface area contributed by atoms with E-state index in [4.69, 9.17) is 4.74 Å². The van der Waals surface area contributed by atoms with Crippen LogP contribution in [0.2, 0.25) is 0 Å². The second-order valence-electron chi connectivity index (χ2n) is 5.17. The number of amides is 1. The van der Waals surface area contributed by atoms with Crippen LogP contribution < -0.4 is 5.32 Å². The summed E-state index contributed by atoms with van der Waals surface area (Å²) in [6.07, 6.45) is 0.744. The summed E-state index contributed by atoms with van der Waals surface area (Å²) in [7, 11) is 0. The Morgan fingerprint density at radius 3 is 2.57 bits per heavy atom. The molecule has 0 radical (unpaired) electrons. The highest BCUT2D eigenvalue weighted by Crippen LogP contribution is 2.49. The number of carbonyl (C=O) groups excluding carboxylic acids is 2. The van der Waals surface area contributed by atoms with Crippen molar-refractivity contribution in [2.45, 2.75) is 32.7 Å². The monoisotopic (exact) mass is 197 g/mol. The average molecular weight is 197 g/mol. The Hall–Kier alpha value is -1.06. The maximum absolute atomic E-state index is 11.7. The molecule has 4 nitrogen and oxygen atoms in total. The summed E-state index contributed by atoms with van der Waals surface area (Å²) in [5.74, 6) is -0.139. The molecule has 0 aromatic rings. The van der Waals surface area contributed by atoms with E-state index in [1.165, 1.54) is 0 Å². The molecule has 2 fully saturated rings. The molecule has 78 valence electrons. The topological polar surface area (TPSA) is 55.4 Å². The first-order valence-electron chi connectivity index (χ1n) is 4.86. The maximum atomic E-state index is 11.7. The largest absolute Gasteiger partial charge is 0.464 e. The van der Waals surface area contributed by atoms with E-state index in [1.807, 2.05) is 20.8 Å². The number of esters is 1. The van der Waals surface area contributed by atoms with Crippen molar-refractivity contribution in [1.29, 1.82) is 0 Å². The van der Waals surface area contributed by atoms with Gasteiger partial charge in [-0.15, -0.1) is 0 Å². The number of hydrogen-bond donors (Lipinski definition) is 1. The highest BCUT2D eigenvalue weighted by atomic mass is 16.5. The van der Waals surface area contributed by atoms with Crippen LogP contribution in [0.15, 0.2) is 0 Å². The van der Waals surface area contributed by atoms with E-state index in [-0.39, 0.29) is 17.8 Å². The number of ether oxygens (including phenoxy) is 1. The first-order valence-corrected chi connectivity index (χ1v) is 4.86. The third kappa shape index (κ3) is 1.21. The molecular weight excluding hydrogens is 182 g/mol. The summed E-state index contributed by atoms with van der Waals surface area (Å²) in [6, 6.07) is 0. The van der Waals surface area contributed by atoms with Crippen LogP contribution in [0.5, 0.6) is 0 Å². The van der Waals surface area contributed by atoms with Crippen molar-refractivity contribution in [2.24, 2.45) is 11.3 Å². The van der Waals surface area contributed by atoms with Crippen LogP contribution in [0.1, 0.15) is 27.2 Å². The summed E-state index contributed by atoms with van der Waals surface area (Å²) in [4.78, 5) is 23.0. The molecule has 1 amide bonds. The lowest BCUT2D eigenvalue weighted by Crippen LogP contribution is -2.47. The van der Waals surface area contributed by atoms with E-state index < -0.39 is 11.0 Å². The van der Waals surface area contributed by atoms with Gasteiger partial charge < -0.3 is 10.1 Å². The van der Waals surface area contributed by atoms with Crippen molar-refractivity contribution in [1.82, 2.24) is 5.32 Å². The normalized spacial score (nSPS) is 34.8. The Kier molecular flexibility index (Phi) is 1.69. The lowest BCUT2D eigenvalue weighted by molar-refractivity contribution is -0.145. The van der Waals surface area contributed by atoms with Crippen LogP contribution in [-0.2, 0) is 14.3 Å². The van der Waals surface area contributed by atoms with E-state index in [0.29, 0.717) is 6.61 Å². The molecule has 0 aromatic heterocycles. The Morgan fingerprint density at radius 1 is 1.57 bits per heavy atom. The van der Waals surface area contributed by atoms with E-state index in [0.717, 1.165) is 6.42 Å². The van der Waals surface area contributed by atoms with E-state index >= 15 is 0 Å². The van der Waals surface area contributed by atoms with Gasteiger partial charge in [0.25, 0.3) is 0 Å². The Labute approximate surface area is 83.0 Å². The van der Waals surface area contributed by atoms with E-state index in [9.17, 15) is 9.59 Å². The number of rotatable bonds is 1. The molecule has 0 unspecified atom stereocenters. The van der Waals surface area contributed by atoms with Gasteiger partial charge >= 0.3 is 5.97 Å². The zero-order chi connectivity index (χ0) is 10.6. The minimum Gasteiger partial charge on any atom is -0.464 e. The quantitative estimate of drug-likeness (QED) is 0.621.